The first-order valence-corrected chi connectivity index (χ1v) is 6.33. The summed E-state index contributed by atoms with van der Waals surface area (Å²) in [6, 6.07) is 8.08. The Morgan fingerprint density at radius 1 is 1.33 bits per heavy atom. The standard InChI is InChI=1S/C14H20N2O2/c1-3-5-6-12-7-9-13(10-8-12)11-16-18-14(17)15-4-2/h7-11H,3-6H2,1-2H3,(H,15,17)/b16-11+. The van der Waals surface area contributed by atoms with Crippen LogP contribution in [0.25, 0.3) is 0 Å². The number of aryl methyl sites for hydroxylation is 1. The van der Waals surface area contributed by atoms with Crippen LogP contribution in [0, 0.1) is 0 Å². The molecule has 1 rings (SSSR count). The first kappa shape index (κ1) is 14.2. The summed E-state index contributed by atoms with van der Waals surface area (Å²) in [5.41, 5.74) is 2.23. The minimum absolute atomic E-state index is 0.528. The topological polar surface area (TPSA) is 50.7 Å². The fourth-order valence-electron chi connectivity index (χ4n) is 1.46. The van der Waals surface area contributed by atoms with E-state index in [1.165, 1.54) is 24.6 Å². The molecule has 4 heteroatoms. The molecule has 0 fully saturated rings. The van der Waals surface area contributed by atoms with Gasteiger partial charge in [-0.1, -0.05) is 42.8 Å². The Kier molecular flexibility index (Phi) is 6.54. The van der Waals surface area contributed by atoms with Crippen molar-refractivity contribution < 1.29 is 9.63 Å². The van der Waals surface area contributed by atoms with E-state index in [4.69, 9.17) is 0 Å². The van der Waals surface area contributed by atoms with Crippen LogP contribution in [-0.4, -0.2) is 18.9 Å². The fraction of sp³-hybridized carbons (Fsp3) is 0.429. The quantitative estimate of drug-likeness (QED) is 0.478. The number of benzene rings is 1. The predicted octanol–water partition coefficient (Wildman–Crippen LogP) is 3.11. The molecule has 98 valence electrons. The Hall–Kier alpha value is -1.84. The molecule has 0 unspecified atom stereocenters. The molecule has 0 aromatic heterocycles. The molecule has 0 aliphatic heterocycles. The van der Waals surface area contributed by atoms with E-state index in [1.54, 1.807) is 0 Å². The van der Waals surface area contributed by atoms with Crippen LogP contribution in [0.5, 0.6) is 0 Å². The maximum Gasteiger partial charge on any atom is 0.433 e. The van der Waals surface area contributed by atoms with E-state index >= 15 is 0 Å². The molecular weight excluding hydrogens is 228 g/mol. The van der Waals surface area contributed by atoms with Gasteiger partial charge in [0.15, 0.2) is 0 Å². The van der Waals surface area contributed by atoms with E-state index < -0.39 is 6.09 Å². The summed E-state index contributed by atoms with van der Waals surface area (Å²) in [5, 5.41) is 6.10. The van der Waals surface area contributed by atoms with Gasteiger partial charge in [-0.3, -0.25) is 4.84 Å². The maximum atomic E-state index is 11.0. The Balaban J connectivity index is 2.43. The molecule has 18 heavy (non-hydrogen) atoms. The highest BCUT2D eigenvalue weighted by Gasteiger charge is 1.96. The van der Waals surface area contributed by atoms with Crippen molar-refractivity contribution in [2.45, 2.75) is 33.1 Å². The first-order valence-electron chi connectivity index (χ1n) is 6.33. The van der Waals surface area contributed by atoms with E-state index in [0.29, 0.717) is 6.54 Å². The van der Waals surface area contributed by atoms with Crippen molar-refractivity contribution in [1.82, 2.24) is 5.32 Å². The predicted molar refractivity (Wildman–Crippen MR) is 72.8 cm³/mol. The summed E-state index contributed by atoms with van der Waals surface area (Å²) >= 11 is 0. The monoisotopic (exact) mass is 248 g/mol. The highest BCUT2D eigenvalue weighted by molar-refractivity contribution is 5.80. The van der Waals surface area contributed by atoms with Gasteiger partial charge in [-0.15, -0.1) is 0 Å². The summed E-state index contributed by atoms with van der Waals surface area (Å²) in [7, 11) is 0. The van der Waals surface area contributed by atoms with Gasteiger partial charge in [-0.25, -0.2) is 4.79 Å². The fourth-order valence-corrected chi connectivity index (χ4v) is 1.46. The lowest BCUT2D eigenvalue weighted by atomic mass is 10.1. The molecule has 0 radical (unpaired) electrons. The molecule has 4 nitrogen and oxygen atoms in total. The summed E-state index contributed by atoms with van der Waals surface area (Å²) in [6.45, 7) is 4.53. The van der Waals surface area contributed by atoms with E-state index in [2.05, 4.69) is 34.4 Å². The van der Waals surface area contributed by atoms with Crippen molar-refractivity contribution in [2.24, 2.45) is 5.16 Å². The van der Waals surface area contributed by atoms with Crippen LogP contribution < -0.4 is 5.32 Å². The van der Waals surface area contributed by atoms with E-state index in [-0.39, 0.29) is 0 Å². The third-order valence-corrected chi connectivity index (χ3v) is 2.46. The molecular formula is C14H20N2O2. The number of carbonyl (C=O) groups excluding carboxylic acids is 1. The van der Waals surface area contributed by atoms with Gasteiger partial charge in [0.2, 0.25) is 0 Å². The number of carbonyl (C=O) groups is 1. The van der Waals surface area contributed by atoms with Crippen molar-refractivity contribution in [2.75, 3.05) is 6.54 Å². The Labute approximate surface area is 108 Å². The third-order valence-electron chi connectivity index (χ3n) is 2.46. The lowest BCUT2D eigenvalue weighted by molar-refractivity contribution is 0.152. The molecule has 1 aromatic carbocycles. The summed E-state index contributed by atoms with van der Waals surface area (Å²) in [6.07, 6.45) is 4.49. The average Bonchev–Trinajstić information content (AvgIpc) is 2.38. The van der Waals surface area contributed by atoms with E-state index in [0.717, 1.165) is 12.0 Å². The minimum atomic E-state index is -0.534. The molecule has 0 bridgehead atoms. The highest BCUT2D eigenvalue weighted by Crippen LogP contribution is 2.06. The van der Waals surface area contributed by atoms with Gasteiger partial charge >= 0.3 is 6.09 Å². The SMILES string of the molecule is CCCCc1ccc(/C=N/OC(=O)NCC)cc1. The minimum Gasteiger partial charge on any atom is -0.320 e. The third kappa shape index (κ3) is 5.48. The van der Waals surface area contributed by atoms with Crippen LogP contribution in [0.4, 0.5) is 4.79 Å². The molecule has 1 aromatic rings. The van der Waals surface area contributed by atoms with Crippen molar-refractivity contribution >= 4 is 12.3 Å². The lowest BCUT2D eigenvalue weighted by Gasteiger charge is -2.00. The molecule has 0 aliphatic carbocycles. The zero-order valence-electron chi connectivity index (χ0n) is 11.0. The van der Waals surface area contributed by atoms with Crippen LogP contribution >= 0.6 is 0 Å². The number of amides is 1. The summed E-state index contributed by atoms with van der Waals surface area (Å²) in [5.74, 6) is 0. The second-order valence-corrected chi connectivity index (χ2v) is 3.99. The summed E-state index contributed by atoms with van der Waals surface area (Å²) < 4.78 is 0. The molecule has 0 saturated heterocycles. The molecule has 0 saturated carbocycles. The second-order valence-electron chi connectivity index (χ2n) is 3.99. The van der Waals surface area contributed by atoms with Crippen LogP contribution in [0.15, 0.2) is 29.4 Å². The number of nitrogens with one attached hydrogen (secondary N) is 1. The van der Waals surface area contributed by atoms with Crippen LogP contribution in [0.1, 0.15) is 37.8 Å². The number of hydrogen-bond acceptors (Lipinski definition) is 3. The summed E-state index contributed by atoms with van der Waals surface area (Å²) in [4.78, 5) is 15.6. The Morgan fingerprint density at radius 3 is 2.67 bits per heavy atom. The van der Waals surface area contributed by atoms with Gasteiger partial charge in [0.05, 0.1) is 6.21 Å². The zero-order chi connectivity index (χ0) is 13.2. The van der Waals surface area contributed by atoms with Crippen molar-refractivity contribution in [3.63, 3.8) is 0 Å². The maximum absolute atomic E-state index is 11.0. The second kappa shape index (κ2) is 8.28. The highest BCUT2D eigenvalue weighted by atomic mass is 16.7. The molecule has 0 spiro atoms. The zero-order valence-corrected chi connectivity index (χ0v) is 11.0. The normalized spacial score (nSPS) is 10.6. The van der Waals surface area contributed by atoms with Crippen molar-refractivity contribution in [3.05, 3.63) is 35.4 Å². The van der Waals surface area contributed by atoms with Gasteiger partial charge in [0, 0.05) is 6.54 Å². The Morgan fingerprint density at radius 2 is 2.06 bits per heavy atom. The average molecular weight is 248 g/mol. The van der Waals surface area contributed by atoms with E-state index in [9.17, 15) is 4.79 Å². The molecule has 0 heterocycles. The van der Waals surface area contributed by atoms with Crippen molar-refractivity contribution in [3.8, 4) is 0 Å². The molecule has 0 atom stereocenters. The molecule has 0 aliphatic rings. The van der Waals surface area contributed by atoms with Crippen molar-refractivity contribution in [1.29, 1.82) is 0 Å². The van der Waals surface area contributed by atoms with Crippen LogP contribution in [-0.2, 0) is 11.3 Å². The molecule has 1 N–H and O–H groups in total. The van der Waals surface area contributed by atoms with E-state index in [1.807, 2.05) is 19.1 Å². The van der Waals surface area contributed by atoms with Gasteiger partial charge in [0.1, 0.15) is 0 Å². The largest absolute Gasteiger partial charge is 0.433 e. The number of hydrogen-bond donors (Lipinski definition) is 1. The number of nitrogens with zero attached hydrogens (tertiary/aromatic N) is 1. The number of oxime groups is 1. The lowest BCUT2D eigenvalue weighted by Crippen LogP contribution is -2.21. The van der Waals surface area contributed by atoms with Gasteiger partial charge in [-0.05, 0) is 30.9 Å². The van der Waals surface area contributed by atoms with Gasteiger partial charge < -0.3 is 5.32 Å². The number of rotatable bonds is 6. The van der Waals surface area contributed by atoms with Gasteiger partial charge in [-0.2, -0.15) is 0 Å². The van der Waals surface area contributed by atoms with Crippen LogP contribution in [0.3, 0.4) is 0 Å². The first-order chi connectivity index (χ1) is 8.76. The van der Waals surface area contributed by atoms with Gasteiger partial charge in [0.25, 0.3) is 0 Å². The smallest absolute Gasteiger partial charge is 0.320 e. The molecule has 1 amide bonds. The van der Waals surface area contributed by atoms with Crippen LogP contribution in [0.2, 0.25) is 0 Å². The Bertz CT molecular complexity index is 385. The number of unbranched alkanes of at least 4 members (excludes halogenated alkanes) is 1.